The van der Waals surface area contributed by atoms with Crippen LogP contribution in [0, 0.1) is 11.8 Å². The van der Waals surface area contributed by atoms with Gasteiger partial charge in [0.15, 0.2) is 0 Å². The van der Waals surface area contributed by atoms with E-state index in [9.17, 15) is 9.59 Å². The first-order chi connectivity index (χ1) is 8.58. The second kappa shape index (κ2) is 5.16. The number of aliphatic carboxylic acids is 1. The number of hydrogen-bond donors (Lipinski definition) is 1. The van der Waals surface area contributed by atoms with Gasteiger partial charge in [0.05, 0.1) is 12.5 Å². The Kier molecular flexibility index (Phi) is 3.59. The largest absolute Gasteiger partial charge is 0.481 e. The Labute approximate surface area is 104 Å². The summed E-state index contributed by atoms with van der Waals surface area (Å²) in [6, 6.07) is 0. The lowest BCUT2D eigenvalue weighted by molar-refractivity contribution is -0.142. The number of amides is 1. The maximum Gasteiger partial charge on any atom is 0.308 e. The van der Waals surface area contributed by atoms with Crippen LogP contribution in [0.25, 0.3) is 0 Å². The first-order valence-electron chi connectivity index (χ1n) is 5.91. The Morgan fingerprint density at radius 1 is 1.44 bits per heavy atom. The topological polar surface area (TPSA) is 88.3 Å². The molecule has 1 fully saturated rings. The van der Waals surface area contributed by atoms with E-state index in [1.165, 1.54) is 6.33 Å². The fourth-order valence-electron chi connectivity index (χ4n) is 2.21. The first kappa shape index (κ1) is 12.5. The van der Waals surface area contributed by atoms with E-state index in [0.29, 0.717) is 26.1 Å². The minimum Gasteiger partial charge on any atom is -0.481 e. The summed E-state index contributed by atoms with van der Waals surface area (Å²) in [6.45, 7) is 3.17. The SMILES string of the molecule is C[C@@H]1CN(C(=O)CCn2cncn2)C[C@H]1C(=O)O. The van der Waals surface area contributed by atoms with Crippen molar-refractivity contribution in [2.75, 3.05) is 13.1 Å². The van der Waals surface area contributed by atoms with E-state index in [1.54, 1.807) is 15.9 Å². The maximum absolute atomic E-state index is 11.9. The zero-order valence-electron chi connectivity index (χ0n) is 10.2. The Morgan fingerprint density at radius 2 is 2.22 bits per heavy atom. The van der Waals surface area contributed by atoms with Crippen molar-refractivity contribution < 1.29 is 14.7 Å². The van der Waals surface area contributed by atoms with Gasteiger partial charge in [-0.2, -0.15) is 5.10 Å². The van der Waals surface area contributed by atoms with Crippen LogP contribution >= 0.6 is 0 Å². The second-order valence-corrected chi connectivity index (χ2v) is 4.63. The summed E-state index contributed by atoms with van der Waals surface area (Å²) >= 11 is 0. The summed E-state index contributed by atoms with van der Waals surface area (Å²) in [7, 11) is 0. The highest BCUT2D eigenvalue weighted by Gasteiger charge is 2.36. The lowest BCUT2D eigenvalue weighted by atomic mass is 9.99. The lowest BCUT2D eigenvalue weighted by Crippen LogP contribution is -2.30. The van der Waals surface area contributed by atoms with Gasteiger partial charge in [0.2, 0.25) is 5.91 Å². The molecule has 1 amide bonds. The van der Waals surface area contributed by atoms with Crippen molar-refractivity contribution in [1.29, 1.82) is 0 Å². The highest BCUT2D eigenvalue weighted by molar-refractivity contribution is 5.78. The van der Waals surface area contributed by atoms with Gasteiger partial charge in [-0.3, -0.25) is 14.3 Å². The van der Waals surface area contributed by atoms with Crippen molar-refractivity contribution >= 4 is 11.9 Å². The molecule has 0 unspecified atom stereocenters. The summed E-state index contributed by atoms with van der Waals surface area (Å²) in [4.78, 5) is 28.3. The predicted octanol–water partition coefficient (Wildman–Crippen LogP) is -0.153. The Morgan fingerprint density at radius 3 is 2.78 bits per heavy atom. The highest BCUT2D eigenvalue weighted by Crippen LogP contribution is 2.23. The third-order valence-electron chi connectivity index (χ3n) is 3.30. The average molecular weight is 252 g/mol. The molecule has 1 saturated heterocycles. The molecule has 0 aromatic carbocycles. The quantitative estimate of drug-likeness (QED) is 0.805. The fraction of sp³-hybridized carbons (Fsp3) is 0.636. The second-order valence-electron chi connectivity index (χ2n) is 4.63. The normalized spacial score (nSPS) is 23.3. The lowest BCUT2D eigenvalue weighted by Gasteiger charge is -2.15. The number of carbonyl (C=O) groups excluding carboxylic acids is 1. The van der Waals surface area contributed by atoms with Crippen molar-refractivity contribution in [2.24, 2.45) is 11.8 Å². The van der Waals surface area contributed by atoms with Gasteiger partial charge >= 0.3 is 5.97 Å². The molecule has 1 aliphatic rings. The van der Waals surface area contributed by atoms with Crippen molar-refractivity contribution in [3.8, 4) is 0 Å². The van der Waals surface area contributed by atoms with E-state index in [1.807, 2.05) is 6.92 Å². The number of aromatic nitrogens is 3. The van der Waals surface area contributed by atoms with E-state index < -0.39 is 11.9 Å². The van der Waals surface area contributed by atoms with Crippen LogP contribution in [-0.4, -0.2) is 49.7 Å². The standard InChI is InChI=1S/C11H16N4O3/c1-8-4-14(5-9(8)11(17)18)10(16)2-3-15-7-12-6-13-15/h6-9H,2-5H2,1H3,(H,17,18)/t8-,9-/m1/s1. The van der Waals surface area contributed by atoms with Crippen LogP contribution in [0.5, 0.6) is 0 Å². The predicted molar refractivity (Wildman–Crippen MR) is 61.5 cm³/mol. The van der Waals surface area contributed by atoms with E-state index in [2.05, 4.69) is 10.1 Å². The Hall–Kier alpha value is -1.92. The molecule has 1 aliphatic heterocycles. The molecule has 7 heteroatoms. The molecular formula is C11H16N4O3. The van der Waals surface area contributed by atoms with Crippen LogP contribution in [0.1, 0.15) is 13.3 Å². The third-order valence-corrected chi connectivity index (χ3v) is 3.30. The van der Waals surface area contributed by atoms with Crippen LogP contribution in [0.3, 0.4) is 0 Å². The number of carboxylic acids is 1. The molecule has 2 heterocycles. The van der Waals surface area contributed by atoms with E-state index in [0.717, 1.165) is 0 Å². The summed E-state index contributed by atoms with van der Waals surface area (Å²) in [5.74, 6) is -1.28. The van der Waals surface area contributed by atoms with Gasteiger partial charge in [0, 0.05) is 19.5 Å². The number of carbonyl (C=O) groups is 2. The Bertz CT molecular complexity index is 432. The zero-order chi connectivity index (χ0) is 13.1. The molecule has 98 valence electrons. The number of carboxylic acid groups (broad SMARTS) is 1. The number of aryl methyl sites for hydroxylation is 1. The molecule has 18 heavy (non-hydrogen) atoms. The minimum absolute atomic E-state index is 0.0119. The van der Waals surface area contributed by atoms with Gasteiger partial charge in [-0.15, -0.1) is 0 Å². The molecule has 0 radical (unpaired) electrons. The van der Waals surface area contributed by atoms with Gasteiger partial charge < -0.3 is 10.0 Å². The molecule has 0 aliphatic carbocycles. The molecule has 0 spiro atoms. The van der Waals surface area contributed by atoms with Gasteiger partial charge in [0.25, 0.3) is 0 Å². The van der Waals surface area contributed by atoms with E-state index in [4.69, 9.17) is 5.11 Å². The van der Waals surface area contributed by atoms with Crippen molar-refractivity contribution in [1.82, 2.24) is 19.7 Å². The van der Waals surface area contributed by atoms with E-state index >= 15 is 0 Å². The Balaban J connectivity index is 1.85. The van der Waals surface area contributed by atoms with Crippen LogP contribution in [0.2, 0.25) is 0 Å². The summed E-state index contributed by atoms with van der Waals surface area (Å²) in [6.07, 6.45) is 3.30. The smallest absolute Gasteiger partial charge is 0.308 e. The van der Waals surface area contributed by atoms with Crippen LogP contribution in [-0.2, 0) is 16.1 Å². The van der Waals surface area contributed by atoms with Crippen LogP contribution < -0.4 is 0 Å². The number of nitrogens with zero attached hydrogens (tertiary/aromatic N) is 4. The van der Waals surface area contributed by atoms with Gasteiger partial charge in [-0.25, -0.2) is 4.98 Å². The van der Waals surface area contributed by atoms with Crippen molar-refractivity contribution in [3.63, 3.8) is 0 Å². The molecule has 0 bridgehead atoms. The summed E-state index contributed by atoms with van der Waals surface area (Å²) < 4.78 is 1.59. The third kappa shape index (κ3) is 2.66. The minimum atomic E-state index is -0.825. The van der Waals surface area contributed by atoms with Gasteiger partial charge in [-0.05, 0) is 5.92 Å². The van der Waals surface area contributed by atoms with Gasteiger partial charge in [-0.1, -0.05) is 6.92 Å². The average Bonchev–Trinajstić information content (AvgIpc) is 2.94. The van der Waals surface area contributed by atoms with Crippen LogP contribution in [0.15, 0.2) is 12.7 Å². The molecule has 2 rings (SSSR count). The van der Waals surface area contributed by atoms with Crippen molar-refractivity contribution in [2.45, 2.75) is 19.9 Å². The number of likely N-dealkylation sites (tertiary alicyclic amines) is 1. The number of rotatable bonds is 4. The molecule has 7 nitrogen and oxygen atoms in total. The molecular weight excluding hydrogens is 236 g/mol. The monoisotopic (exact) mass is 252 g/mol. The van der Waals surface area contributed by atoms with E-state index in [-0.39, 0.29) is 11.8 Å². The van der Waals surface area contributed by atoms with Crippen molar-refractivity contribution in [3.05, 3.63) is 12.7 Å². The molecule has 1 aromatic rings. The molecule has 1 aromatic heterocycles. The zero-order valence-corrected chi connectivity index (χ0v) is 10.2. The fourth-order valence-corrected chi connectivity index (χ4v) is 2.21. The molecule has 2 atom stereocenters. The molecule has 1 N–H and O–H groups in total. The highest BCUT2D eigenvalue weighted by atomic mass is 16.4. The first-order valence-corrected chi connectivity index (χ1v) is 5.91. The molecule has 0 saturated carbocycles. The number of hydrogen-bond acceptors (Lipinski definition) is 4. The van der Waals surface area contributed by atoms with Crippen LogP contribution in [0.4, 0.5) is 0 Å². The van der Waals surface area contributed by atoms with Gasteiger partial charge in [0.1, 0.15) is 12.7 Å². The maximum atomic E-state index is 11.9. The summed E-state index contributed by atoms with van der Waals surface area (Å²) in [5.41, 5.74) is 0. The summed E-state index contributed by atoms with van der Waals surface area (Å²) in [5, 5.41) is 12.9.